The van der Waals surface area contributed by atoms with E-state index in [1.54, 1.807) is 0 Å². The minimum Gasteiger partial charge on any atom is -0.395 e. The Kier molecular flexibility index (Phi) is 5.00. The van der Waals surface area contributed by atoms with E-state index in [9.17, 15) is 5.11 Å². The van der Waals surface area contributed by atoms with Gasteiger partial charge in [-0.15, -0.1) is 0 Å². The molecule has 1 unspecified atom stereocenters. The fourth-order valence-corrected chi connectivity index (χ4v) is 3.10. The van der Waals surface area contributed by atoms with Crippen molar-refractivity contribution in [3.63, 3.8) is 0 Å². The summed E-state index contributed by atoms with van der Waals surface area (Å²) >= 11 is 0. The van der Waals surface area contributed by atoms with E-state index in [0.29, 0.717) is 5.92 Å². The highest BCUT2D eigenvalue weighted by molar-refractivity contribution is 5.37. The molecule has 0 fully saturated rings. The third kappa shape index (κ3) is 3.37. The highest BCUT2D eigenvalue weighted by Gasteiger charge is 2.35. The molecule has 1 atom stereocenters. The second-order valence-corrected chi connectivity index (χ2v) is 6.17. The molecule has 2 rings (SSSR count). The Bertz CT molecular complexity index is 400. The van der Waals surface area contributed by atoms with Crippen LogP contribution in [0.5, 0.6) is 0 Å². The van der Waals surface area contributed by atoms with Gasteiger partial charge in [0.05, 0.1) is 6.61 Å². The van der Waals surface area contributed by atoms with Gasteiger partial charge in [0.1, 0.15) is 0 Å². The van der Waals surface area contributed by atoms with Gasteiger partial charge in [0.25, 0.3) is 0 Å². The monoisotopic (exact) mass is 262 g/mol. The highest BCUT2D eigenvalue weighted by atomic mass is 16.5. The summed E-state index contributed by atoms with van der Waals surface area (Å²) in [4.78, 5) is 0. The van der Waals surface area contributed by atoms with Crippen LogP contribution >= 0.6 is 0 Å². The summed E-state index contributed by atoms with van der Waals surface area (Å²) in [5.74, 6) is 0.573. The van der Waals surface area contributed by atoms with Crippen LogP contribution in [0, 0.1) is 5.92 Å². The van der Waals surface area contributed by atoms with Crippen LogP contribution in [-0.2, 0) is 16.6 Å². The SMILES string of the molecule is CC(C)COCCC1(CO)CCCc2ccccc21. The molecule has 0 radical (unpaired) electrons. The number of hydrogen-bond acceptors (Lipinski definition) is 2. The predicted octanol–water partition coefficient (Wildman–Crippen LogP) is 3.32. The molecule has 0 aromatic heterocycles. The van der Waals surface area contributed by atoms with Crippen molar-refractivity contribution in [2.24, 2.45) is 5.92 Å². The van der Waals surface area contributed by atoms with E-state index >= 15 is 0 Å². The van der Waals surface area contributed by atoms with Gasteiger partial charge in [-0.2, -0.15) is 0 Å². The number of aliphatic hydroxyl groups is 1. The molecule has 0 saturated heterocycles. The molecule has 106 valence electrons. The largest absolute Gasteiger partial charge is 0.395 e. The minimum absolute atomic E-state index is 0.0776. The lowest BCUT2D eigenvalue weighted by Crippen LogP contribution is -2.36. The fourth-order valence-electron chi connectivity index (χ4n) is 3.10. The Balaban J connectivity index is 2.06. The van der Waals surface area contributed by atoms with Crippen LogP contribution in [0.15, 0.2) is 24.3 Å². The van der Waals surface area contributed by atoms with Crippen molar-refractivity contribution in [1.29, 1.82) is 0 Å². The molecule has 0 aliphatic heterocycles. The smallest absolute Gasteiger partial charge is 0.0528 e. The number of aliphatic hydroxyl groups excluding tert-OH is 1. The molecular formula is C17H26O2. The summed E-state index contributed by atoms with van der Waals surface area (Å²) < 4.78 is 5.73. The van der Waals surface area contributed by atoms with Gasteiger partial charge in [-0.1, -0.05) is 38.1 Å². The van der Waals surface area contributed by atoms with Crippen molar-refractivity contribution >= 4 is 0 Å². The molecule has 1 N–H and O–H groups in total. The van der Waals surface area contributed by atoms with Crippen molar-refractivity contribution < 1.29 is 9.84 Å². The minimum atomic E-state index is -0.0776. The molecule has 0 saturated carbocycles. The maximum atomic E-state index is 9.94. The predicted molar refractivity (Wildman–Crippen MR) is 78.4 cm³/mol. The topological polar surface area (TPSA) is 29.5 Å². The molecule has 1 aliphatic rings. The molecule has 1 aromatic rings. The molecule has 0 heterocycles. The van der Waals surface area contributed by atoms with Crippen LogP contribution in [0.2, 0.25) is 0 Å². The Morgan fingerprint density at radius 2 is 2.11 bits per heavy atom. The van der Waals surface area contributed by atoms with Crippen LogP contribution in [-0.4, -0.2) is 24.9 Å². The molecule has 0 spiro atoms. The van der Waals surface area contributed by atoms with Crippen LogP contribution in [0.3, 0.4) is 0 Å². The van der Waals surface area contributed by atoms with Gasteiger partial charge in [0.2, 0.25) is 0 Å². The van der Waals surface area contributed by atoms with E-state index in [2.05, 4.69) is 38.1 Å². The van der Waals surface area contributed by atoms with E-state index < -0.39 is 0 Å². The number of aryl methyl sites for hydroxylation is 1. The quantitative estimate of drug-likeness (QED) is 0.797. The molecule has 0 amide bonds. The third-order valence-electron chi connectivity index (χ3n) is 4.17. The Labute approximate surface area is 116 Å². The zero-order valence-corrected chi connectivity index (χ0v) is 12.2. The van der Waals surface area contributed by atoms with Crippen molar-refractivity contribution in [3.8, 4) is 0 Å². The number of benzene rings is 1. The second-order valence-electron chi connectivity index (χ2n) is 6.17. The standard InChI is InChI=1S/C17H26O2/c1-14(2)12-19-11-10-17(13-18)9-5-7-15-6-3-4-8-16(15)17/h3-4,6,8,14,18H,5,7,9-13H2,1-2H3. The van der Waals surface area contributed by atoms with Gasteiger partial charge >= 0.3 is 0 Å². The van der Waals surface area contributed by atoms with E-state index in [4.69, 9.17) is 4.74 Å². The van der Waals surface area contributed by atoms with Crippen LogP contribution < -0.4 is 0 Å². The molecule has 1 aliphatic carbocycles. The van der Waals surface area contributed by atoms with Gasteiger partial charge in [-0.25, -0.2) is 0 Å². The first-order valence-electron chi connectivity index (χ1n) is 7.45. The molecule has 1 aromatic carbocycles. The Morgan fingerprint density at radius 3 is 2.84 bits per heavy atom. The lowest BCUT2D eigenvalue weighted by molar-refractivity contribution is 0.0718. The van der Waals surface area contributed by atoms with E-state index in [0.717, 1.165) is 32.5 Å². The van der Waals surface area contributed by atoms with Crippen molar-refractivity contribution in [1.82, 2.24) is 0 Å². The summed E-state index contributed by atoms with van der Waals surface area (Å²) in [5, 5.41) is 9.94. The zero-order chi connectivity index (χ0) is 13.7. The maximum Gasteiger partial charge on any atom is 0.0528 e. The molecule has 19 heavy (non-hydrogen) atoms. The maximum absolute atomic E-state index is 9.94. The highest BCUT2D eigenvalue weighted by Crippen LogP contribution is 2.39. The van der Waals surface area contributed by atoms with Gasteiger partial charge in [-0.3, -0.25) is 0 Å². The first-order chi connectivity index (χ1) is 9.18. The summed E-state index contributed by atoms with van der Waals surface area (Å²) in [6, 6.07) is 8.58. The summed E-state index contributed by atoms with van der Waals surface area (Å²) in [7, 11) is 0. The Morgan fingerprint density at radius 1 is 1.32 bits per heavy atom. The summed E-state index contributed by atoms with van der Waals surface area (Å²) in [6.45, 7) is 6.11. The molecular weight excluding hydrogens is 236 g/mol. The molecule has 0 bridgehead atoms. The van der Waals surface area contributed by atoms with E-state index in [1.807, 2.05) is 0 Å². The van der Waals surface area contributed by atoms with Crippen molar-refractivity contribution in [2.75, 3.05) is 19.8 Å². The zero-order valence-electron chi connectivity index (χ0n) is 12.2. The first kappa shape index (κ1) is 14.5. The fraction of sp³-hybridized carbons (Fsp3) is 0.647. The van der Waals surface area contributed by atoms with E-state index in [-0.39, 0.29) is 12.0 Å². The van der Waals surface area contributed by atoms with Gasteiger partial charge < -0.3 is 9.84 Å². The van der Waals surface area contributed by atoms with Gasteiger partial charge in [-0.05, 0) is 42.7 Å². The first-order valence-corrected chi connectivity index (χ1v) is 7.45. The van der Waals surface area contributed by atoms with Gasteiger partial charge in [0, 0.05) is 18.6 Å². The average Bonchev–Trinajstić information content (AvgIpc) is 2.43. The number of ether oxygens (including phenoxy) is 1. The molecule has 2 nitrogen and oxygen atoms in total. The van der Waals surface area contributed by atoms with Gasteiger partial charge in [0.15, 0.2) is 0 Å². The Hall–Kier alpha value is -0.860. The number of rotatable bonds is 6. The number of hydrogen-bond donors (Lipinski definition) is 1. The lowest BCUT2D eigenvalue weighted by Gasteiger charge is -2.38. The second kappa shape index (κ2) is 6.53. The lowest BCUT2D eigenvalue weighted by atomic mass is 9.68. The van der Waals surface area contributed by atoms with Crippen molar-refractivity contribution in [2.45, 2.75) is 44.9 Å². The normalized spacial score (nSPS) is 22.5. The van der Waals surface area contributed by atoms with E-state index in [1.165, 1.54) is 17.5 Å². The third-order valence-corrected chi connectivity index (χ3v) is 4.17. The summed E-state index contributed by atoms with van der Waals surface area (Å²) in [6.07, 6.45) is 4.31. The van der Waals surface area contributed by atoms with Crippen molar-refractivity contribution in [3.05, 3.63) is 35.4 Å². The van der Waals surface area contributed by atoms with Crippen LogP contribution in [0.1, 0.15) is 44.2 Å². The molecule has 2 heteroatoms. The summed E-state index contributed by atoms with van der Waals surface area (Å²) in [5.41, 5.74) is 2.68. The van der Waals surface area contributed by atoms with Crippen LogP contribution in [0.25, 0.3) is 0 Å². The average molecular weight is 262 g/mol. The van der Waals surface area contributed by atoms with Crippen LogP contribution in [0.4, 0.5) is 0 Å². The number of fused-ring (bicyclic) bond motifs is 1.